The number of nitrogens with one attached hydrogen (secondary N) is 1. The molecule has 24 heavy (non-hydrogen) atoms. The van der Waals surface area contributed by atoms with Gasteiger partial charge >= 0.3 is 0 Å². The number of hydrogen-bond acceptors (Lipinski definition) is 5. The summed E-state index contributed by atoms with van der Waals surface area (Å²) in [5.41, 5.74) is 0.328. The third-order valence-electron chi connectivity index (χ3n) is 4.83. The normalized spacial score (nSPS) is 27.9. The van der Waals surface area contributed by atoms with Crippen LogP contribution in [0.5, 0.6) is 0 Å². The van der Waals surface area contributed by atoms with E-state index in [4.69, 9.17) is 0 Å². The number of aliphatic hydroxyl groups excluding tert-OH is 2. The molecule has 2 amide bonds. The van der Waals surface area contributed by atoms with E-state index in [1.807, 2.05) is 0 Å². The molecule has 3 atom stereocenters. The summed E-state index contributed by atoms with van der Waals surface area (Å²) >= 11 is 0. The van der Waals surface area contributed by atoms with E-state index in [1.54, 1.807) is 18.3 Å². The van der Waals surface area contributed by atoms with Crippen molar-refractivity contribution in [3.05, 3.63) is 30.1 Å². The SMILES string of the molecule is O=C(NC1CCCCC1)C1[C@H](O)[C@@H](O)CN1C(=O)c1cccnc1. The molecule has 1 aliphatic carbocycles. The van der Waals surface area contributed by atoms with E-state index < -0.39 is 30.1 Å². The molecule has 1 unspecified atom stereocenters. The second-order valence-corrected chi connectivity index (χ2v) is 6.55. The lowest BCUT2D eigenvalue weighted by Gasteiger charge is -2.29. The van der Waals surface area contributed by atoms with Gasteiger partial charge in [0.1, 0.15) is 18.2 Å². The summed E-state index contributed by atoms with van der Waals surface area (Å²) in [7, 11) is 0. The average Bonchev–Trinajstić information content (AvgIpc) is 2.91. The molecule has 3 N–H and O–H groups in total. The van der Waals surface area contributed by atoms with E-state index in [0.29, 0.717) is 5.56 Å². The van der Waals surface area contributed by atoms with Gasteiger partial charge < -0.3 is 20.4 Å². The maximum absolute atomic E-state index is 12.6. The Kier molecular flexibility index (Phi) is 5.11. The molecule has 1 aromatic rings. The number of amides is 2. The van der Waals surface area contributed by atoms with Crippen molar-refractivity contribution in [3.8, 4) is 0 Å². The summed E-state index contributed by atoms with van der Waals surface area (Å²) in [4.78, 5) is 30.4. The number of hydrogen-bond donors (Lipinski definition) is 3. The zero-order valence-corrected chi connectivity index (χ0v) is 13.5. The number of likely N-dealkylation sites (tertiary alicyclic amines) is 1. The Morgan fingerprint density at radius 2 is 1.96 bits per heavy atom. The number of nitrogens with zero attached hydrogens (tertiary/aromatic N) is 2. The minimum Gasteiger partial charge on any atom is -0.388 e. The summed E-state index contributed by atoms with van der Waals surface area (Å²) in [6.07, 6.45) is 5.68. The molecule has 0 radical (unpaired) electrons. The fourth-order valence-electron chi connectivity index (χ4n) is 3.51. The number of carbonyl (C=O) groups excluding carboxylic acids is 2. The molecule has 130 valence electrons. The van der Waals surface area contributed by atoms with Gasteiger partial charge in [0.05, 0.1) is 12.1 Å². The highest BCUT2D eigenvalue weighted by Crippen LogP contribution is 2.23. The third kappa shape index (κ3) is 3.42. The number of carbonyl (C=O) groups is 2. The molecule has 7 heteroatoms. The Morgan fingerprint density at radius 1 is 1.21 bits per heavy atom. The predicted octanol–water partition coefficient (Wildman–Crippen LogP) is 0.0767. The zero-order chi connectivity index (χ0) is 17.1. The zero-order valence-electron chi connectivity index (χ0n) is 13.5. The maximum Gasteiger partial charge on any atom is 0.256 e. The van der Waals surface area contributed by atoms with Crippen molar-refractivity contribution >= 4 is 11.8 Å². The van der Waals surface area contributed by atoms with Gasteiger partial charge in [0, 0.05) is 18.4 Å². The molecule has 2 fully saturated rings. The molecule has 2 aliphatic rings. The second-order valence-electron chi connectivity index (χ2n) is 6.55. The number of β-amino-alcohol motifs (C(OH)–C–C–N with tert-alkyl or cyclic N) is 1. The number of aromatic nitrogens is 1. The molecule has 1 aromatic heterocycles. The second kappa shape index (κ2) is 7.27. The quantitative estimate of drug-likeness (QED) is 0.727. The van der Waals surface area contributed by atoms with E-state index in [2.05, 4.69) is 10.3 Å². The number of aliphatic hydroxyl groups is 2. The Bertz CT molecular complexity index is 589. The van der Waals surface area contributed by atoms with Crippen LogP contribution < -0.4 is 5.32 Å². The van der Waals surface area contributed by atoms with Crippen molar-refractivity contribution in [2.75, 3.05) is 6.54 Å². The molecule has 0 aromatic carbocycles. The molecule has 1 aliphatic heterocycles. The van der Waals surface area contributed by atoms with Crippen LogP contribution in [0.1, 0.15) is 42.5 Å². The van der Waals surface area contributed by atoms with Gasteiger partial charge in [0.25, 0.3) is 5.91 Å². The van der Waals surface area contributed by atoms with Gasteiger partial charge in [-0.3, -0.25) is 14.6 Å². The Morgan fingerprint density at radius 3 is 2.62 bits per heavy atom. The lowest BCUT2D eigenvalue weighted by Crippen LogP contribution is -2.53. The lowest BCUT2D eigenvalue weighted by molar-refractivity contribution is -0.128. The van der Waals surface area contributed by atoms with Gasteiger partial charge in [-0.25, -0.2) is 0 Å². The molecule has 2 heterocycles. The lowest BCUT2D eigenvalue weighted by atomic mass is 9.95. The van der Waals surface area contributed by atoms with Crippen LogP contribution in [0.2, 0.25) is 0 Å². The van der Waals surface area contributed by atoms with Crippen molar-refractivity contribution < 1.29 is 19.8 Å². The fourth-order valence-corrected chi connectivity index (χ4v) is 3.51. The van der Waals surface area contributed by atoms with Gasteiger partial charge in [-0.1, -0.05) is 19.3 Å². The standard InChI is InChI=1S/C17H23N3O4/c21-13-10-20(17(24)11-5-4-8-18-9-11)14(15(13)22)16(23)19-12-6-2-1-3-7-12/h4-5,8-9,12-15,21-22H,1-3,6-7,10H2,(H,19,23)/t13-,14?,15+/m0/s1. The molecular weight excluding hydrogens is 310 g/mol. The van der Waals surface area contributed by atoms with Crippen LogP contribution in [0.4, 0.5) is 0 Å². The molecule has 0 spiro atoms. The first kappa shape index (κ1) is 16.9. The number of rotatable bonds is 3. The van der Waals surface area contributed by atoms with Crippen molar-refractivity contribution in [2.24, 2.45) is 0 Å². The number of pyridine rings is 1. The minimum atomic E-state index is -1.28. The molecule has 7 nitrogen and oxygen atoms in total. The first-order valence-corrected chi connectivity index (χ1v) is 8.45. The third-order valence-corrected chi connectivity index (χ3v) is 4.83. The van der Waals surface area contributed by atoms with Gasteiger partial charge in [0.2, 0.25) is 5.91 Å². The van der Waals surface area contributed by atoms with Crippen LogP contribution in [0, 0.1) is 0 Å². The van der Waals surface area contributed by atoms with E-state index in [-0.39, 0.29) is 12.6 Å². The van der Waals surface area contributed by atoms with Gasteiger partial charge in [-0.05, 0) is 25.0 Å². The van der Waals surface area contributed by atoms with Crippen LogP contribution in [0.3, 0.4) is 0 Å². The van der Waals surface area contributed by atoms with Gasteiger partial charge in [0.15, 0.2) is 0 Å². The van der Waals surface area contributed by atoms with E-state index in [0.717, 1.165) is 25.7 Å². The maximum atomic E-state index is 12.6. The minimum absolute atomic E-state index is 0.0718. The fraction of sp³-hybridized carbons (Fsp3) is 0.588. The monoisotopic (exact) mass is 333 g/mol. The molecule has 1 saturated heterocycles. The van der Waals surface area contributed by atoms with Crippen LogP contribution in [-0.4, -0.2) is 62.7 Å². The molecule has 3 rings (SSSR count). The smallest absolute Gasteiger partial charge is 0.256 e. The van der Waals surface area contributed by atoms with Crippen molar-refractivity contribution in [1.29, 1.82) is 0 Å². The van der Waals surface area contributed by atoms with E-state index in [9.17, 15) is 19.8 Å². The van der Waals surface area contributed by atoms with E-state index >= 15 is 0 Å². The van der Waals surface area contributed by atoms with Crippen LogP contribution >= 0.6 is 0 Å². The van der Waals surface area contributed by atoms with Crippen molar-refractivity contribution in [2.45, 2.75) is 56.4 Å². The topological polar surface area (TPSA) is 103 Å². The largest absolute Gasteiger partial charge is 0.388 e. The van der Waals surface area contributed by atoms with Crippen LogP contribution in [0.15, 0.2) is 24.5 Å². The van der Waals surface area contributed by atoms with Crippen LogP contribution in [-0.2, 0) is 4.79 Å². The highest BCUT2D eigenvalue weighted by molar-refractivity contribution is 5.98. The molecular formula is C17H23N3O4. The Labute approximate surface area is 140 Å². The Balaban J connectivity index is 1.75. The van der Waals surface area contributed by atoms with E-state index in [1.165, 1.54) is 17.5 Å². The van der Waals surface area contributed by atoms with Crippen LogP contribution in [0.25, 0.3) is 0 Å². The van der Waals surface area contributed by atoms with Gasteiger partial charge in [-0.2, -0.15) is 0 Å². The first-order chi connectivity index (χ1) is 11.6. The molecule has 0 bridgehead atoms. The summed E-state index contributed by atoms with van der Waals surface area (Å²) in [5.74, 6) is -0.814. The summed E-state index contributed by atoms with van der Waals surface area (Å²) in [6.45, 7) is -0.0718. The van der Waals surface area contributed by atoms with Crippen molar-refractivity contribution in [3.63, 3.8) is 0 Å². The molecule has 1 saturated carbocycles. The first-order valence-electron chi connectivity index (χ1n) is 8.45. The summed E-state index contributed by atoms with van der Waals surface area (Å²) in [5, 5.41) is 23.1. The summed E-state index contributed by atoms with van der Waals surface area (Å²) in [6, 6.07) is 2.23. The highest BCUT2D eigenvalue weighted by atomic mass is 16.3. The highest BCUT2D eigenvalue weighted by Gasteiger charge is 2.47. The predicted molar refractivity (Wildman–Crippen MR) is 86.1 cm³/mol. The average molecular weight is 333 g/mol. The van der Waals surface area contributed by atoms with Crippen molar-refractivity contribution in [1.82, 2.24) is 15.2 Å². The van der Waals surface area contributed by atoms with Gasteiger partial charge in [-0.15, -0.1) is 0 Å². The summed E-state index contributed by atoms with van der Waals surface area (Å²) < 4.78 is 0. The Hall–Kier alpha value is -1.99.